The number of rotatable bonds is 6. The van der Waals surface area contributed by atoms with E-state index in [1.165, 1.54) is 19.3 Å². The maximum atomic E-state index is 4.74. The Labute approximate surface area is 159 Å². The molecule has 2 N–H and O–H groups in total. The lowest BCUT2D eigenvalue weighted by Gasteiger charge is -2.17. The smallest absolute Gasteiger partial charge is 0.191 e. The van der Waals surface area contributed by atoms with E-state index in [4.69, 9.17) is 4.99 Å². The van der Waals surface area contributed by atoms with Crippen LogP contribution in [0.5, 0.6) is 0 Å². The molecule has 0 bridgehead atoms. The van der Waals surface area contributed by atoms with Crippen LogP contribution in [-0.4, -0.2) is 44.6 Å². The zero-order valence-electron chi connectivity index (χ0n) is 15.8. The van der Waals surface area contributed by atoms with Crippen molar-refractivity contribution in [3.63, 3.8) is 0 Å². The molecule has 2 heterocycles. The van der Waals surface area contributed by atoms with Gasteiger partial charge in [-0.1, -0.05) is 6.07 Å². The number of hydrogen-bond donors (Lipinski definition) is 2. The highest BCUT2D eigenvalue weighted by Gasteiger charge is 2.24. The number of pyridine rings is 1. The van der Waals surface area contributed by atoms with Crippen LogP contribution in [0.15, 0.2) is 35.7 Å². The fourth-order valence-electron chi connectivity index (χ4n) is 3.24. The van der Waals surface area contributed by atoms with Crippen molar-refractivity contribution in [1.29, 1.82) is 0 Å². The molecule has 0 amide bonds. The maximum Gasteiger partial charge on any atom is 0.191 e. The minimum Gasteiger partial charge on any atom is -0.357 e. The Balaban J connectivity index is 1.61. The van der Waals surface area contributed by atoms with Crippen LogP contribution in [0.3, 0.4) is 0 Å². The van der Waals surface area contributed by atoms with Gasteiger partial charge in [0.1, 0.15) is 11.6 Å². The number of aromatic nitrogens is 3. The van der Waals surface area contributed by atoms with Crippen LogP contribution < -0.4 is 10.6 Å². The Hall–Kier alpha value is -2.02. The number of thioether (sulfide) groups is 1. The summed E-state index contributed by atoms with van der Waals surface area (Å²) in [6, 6.07) is 4.61. The summed E-state index contributed by atoms with van der Waals surface area (Å²) in [6.45, 7) is 5.55. The van der Waals surface area contributed by atoms with Crippen LogP contribution in [-0.2, 0) is 6.54 Å². The van der Waals surface area contributed by atoms with Crippen molar-refractivity contribution in [2.75, 3.05) is 12.8 Å². The molecule has 6 nitrogen and oxygen atoms in total. The zero-order chi connectivity index (χ0) is 18.4. The van der Waals surface area contributed by atoms with E-state index in [1.807, 2.05) is 41.7 Å². The summed E-state index contributed by atoms with van der Waals surface area (Å²) in [5.41, 5.74) is 1.09. The molecule has 2 atom stereocenters. The second kappa shape index (κ2) is 9.07. The third-order valence-electron chi connectivity index (χ3n) is 4.70. The molecule has 1 aliphatic carbocycles. The van der Waals surface area contributed by atoms with Gasteiger partial charge >= 0.3 is 0 Å². The first kappa shape index (κ1) is 18.8. The third kappa shape index (κ3) is 4.78. The summed E-state index contributed by atoms with van der Waals surface area (Å²) in [5, 5.41) is 7.72. The van der Waals surface area contributed by atoms with Gasteiger partial charge in [-0.25, -0.2) is 15.0 Å². The molecule has 0 radical (unpaired) electrons. The summed E-state index contributed by atoms with van der Waals surface area (Å²) in [5.74, 6) is 2.71. The Kier molecular flexibility index (Phi) is 6.55. The Morgan fingerprint density at radius 2 is 2.23 bits per heavy atom. The molecule has 2 unspecified atom stereocenters. The van der Waals surface area contributed by atoms with Gasteiger partial charge in [0.25, 0.3) is 0 Å². The molecule has 3 rings (SSSR count). The molecule has 2 aromatic rings. The average Bonchev–Trinajstić information content (AvgIpc) is 3.29. The summed E-state index contributed by atoms with van der Waals surface area (Å²) in [4.78, 5) is 13.5. The second-order valence-corrected chi connectivity index (χ2v) is 7.71. The van der Waals surface area contributed by atoms with Crippen molar-refractivity contribution >= 4 is 17.7 Å². The first-order valence-corrected chi connectivity index (χ1v) is 10.5. The standard InChI is InChI=1S/C19H28N6S/c1-4-20-19(24-16-6-7-17(11-16)26-3)23-13-15-5-8-18(22-12-15)25-10-9-21-14(25)2/h5,8-10,12,16-17H,4,6-7,11,13H2,1-3H3,(H2,20,23,24). The Morgan fingerprint density at radius 3 is 2.85 bits per heavy atom. The molecule has 0 spiro atoms. The van der Waals surface area contributed by atoms with Crippen LogP contribution in [0.1, 0.15) is 37.6 Å². The molecule has 0 saturated heterocycles. The molecular weight excluding hydrogens is 344 g/mol. The van der Waals surface area contributed by atoms with E-state index < -0.39 is 0 Å². The van der Waals surface area contributed by atoms with Crippen molar-refractivity contribution in [3.05, 3.63) is 42.1 Å². The molecular formula is C19H28N6S. The topological polar surface area (TPSA) is 67.1 Å². The fraction of sp³-hybridized carbons (Fsp3) is 0.526. The van der Waals surface area contributed by atoms with Gasteiger partial charge in [-0.05, 0) is 51.0 Å². The Morgan fingerprint density at radius 1 is 1.35 bits per heavy atom. The van der Waals surface area contributed by atoms with E-state index in [0.717, 1.165) is 35.0 Å². The molecule has 26 heavy (non-hydrogen) atoms. The van der Waals surface area contributed by atoms with E-state index >= 15 is 0 Å². The lowest BCUT2D eigenvalue weighted by molar-refractivity contribution is 0.615. The first-order valence-electron chi connectivity index (χ1n) is 9.22. The van der Waals surface area contributed by atoms with Gasteiger partial charge in [-0.3, -0.25) is 4.57 Å². The number of imidazole rings is 1. The van der Waals surface area contributed by atoms with E-state index in [2.05, 4.69) is 39.8 Å². The van der Waals surface area contributed by atoms with Crippen LogP contribution in [0.2, 0.25) is 0 Å². The molecule has 0 aliphatic heterocycles. The molecule has 1 fully saturated rings. The molecule has 7 heteroatoms. The van der Waals surface area contributed by atoms with Gasteiger partial charge < -0.3 is 10.6 Å². The number of hydrogen-bond acceptors (Lipinski definition) is 4. The number of guanidine groups is 1. The molecule has 1 saturated carbocycles. The van der Waals surface area contributed by atoms with Gasteiger partial charge in [-0.15, -0.1) is 0 Å². The highest BCUT2D eigenvalue weighted by atomic mass is 32.2. The van der Waals surface area contributed by atoms with Gasteiger partial charge in [0.05, 0.1) is 6.54 Å². The normalized spacial score (nSPS) is 20.3. The van der Waals surface area contributed by atoms with Crippen LogP contribution in [0, 0.1) is 6.92 Å². The largest absolute Gasteiger partial charge is 0.357 e. The van der Waals surface area contributed by atoms with E-state index in [0.29, 0.717) is 12.6 Å². The highest BCUT2D eigenvalue weighted by Crippen LogP contribution is 2.28. The van der Waals surface area contributed by atoms with Crippen molar-refractivity contribution in [3.8, 4) is 5.82 Å². The van der Waals surface area contributed by atoms with Crippen molar-refractivity contribution in [1.82, 2.24) is 25.2 Å². The predicted octanol–water partition coefficient (Wildman–Crippen LogP) is 2.91. The lowest BCUT2D eigenvalue weighted by atomic mass is 10.2. The average molecular weight is 373 g/mol. The summed E-state index contributed by atoms with van der Waals surface area (Å²) in [6.07, 6.45) is 11.5. The van der Waals surface area contributed by atoms with Crippen molar-refractivity contribution < 1.29 is 0 Å². The van der Waals surface area contributed by atoms with Gasteiger partial charge in [0.15, 0.2) is 5.96 Å². The van der Waals surface area contributed by atoms with E-state index in [-0.39, 0.29) is 0 Å². The van der Waals surface area contributed by atoms with E-state index in [9.17, 15) is 0 Å². The lowest BCUT2D eigenvalue weighted by Crippen LogP contribution is -2.42. The molecule has 2 aromatic heterocycles. The summed E-state index contributed by atoms with van der Waals surface area (Å²) < 4.78 is 1.97. The quantitative estimate of drug-likeness (QED) is 0.603. The highest BCUT2D eigenvalue weighted by molar-refractivity contribution is 7.99. The number of aryl methyl sites for hydroxylation is 1. The number of nitrogens with zero attached hydrogens (tertiary/aromatic N) is 4. The summed E-state index contributed by atoms with van der Waals surface area (Å²) in [7, 11) is 0. The summed E-state index contributed by atoms with van der Waals surface area (Å²) >= 11 is 1.97. The van der Waals surface area contributed by atoms with Crippen molar-refractivity contribution in [2.24, 2.45) is 4.99 Å². The molecule has 140 valence electrons. The number of nitrogens with one attached hydrogen (secondary N) is 2. The van der Waals surface area contributed by atoms with Crippen LogP contribution in [0.4, 0.5) is 0 Å². The first-order chi connectivity index (χ1) is 12.7. The molecule has 1 aliphatic rings. The minimum atomic E-state index is 0.523. The van der Waals surface area contributed by atoms with Crippen LogP contribution in [0.25, 0.3) is 5.82 Å². The monoisotopic (exact) mass is 372 g/mol. The fourth-order valence-corrected chi connectivity index (χ4v) is 4.04. The minimum absolute atomic E-state index is 0.523. The maximum absolute atomic E-state index is 4.74. The van der Waals surface area contributed by atoms with Crippen LogP contribution >= 0.6 is 11.8 Å². The van der Waals surface area contributed by atoms with Gasteiger partial charge in [-0.2, -0.15) is 11.8 Å². The van der Waals surface area contributed by atoms with Crippen molar-refractivity contribution in [2.45, 2.75) is 50.9 Å². The number of aliphatic imine (C=N–C) groups is 1. The zero-order valence-corrected chi connectivity index (χ0v) is 16.6. The second-order valence-electron chi connectivity index (χ2n) is 6.58. The Bertz CT molecular complexity index is 724. The van der Waals surface area contributed by atoms with E-state index in [1.54, 1.807) is 6.20 Å². The van der Waals surface area contributed by atoms with Gasteiger partial charge in [0, 0.05) is 36.4 Å². The third-order valence-corrected chi connectivity index (χ3v) is 5.80. The molecule has 0 aromatic carbocycles. The predicted molar refractivity (Wildman–Crippen MR) is 109 cm³/mol. The SMILES string of the molecule is CCNC(=NCc1ccc(-n2ccnc2C)nc1)NC1CCC(SC)C1. The van der Waals surface area contributed by atoms with Gasteiger partial charge in [0.2, 0.25) is 0 Å².